The molecule has 0 spiro atoms. The van der Waals surface area contributed by atoms with Crippen LogP contribution in [-0.4, -0.2) is 40.2 Å². The number of carbonyl (C=O) groups excluding carboxylic acids is 1. The first-order chi connectivity index (χ1) is 8.02. The highest BCUT2D eigenvalue weighted by atomic mass is 16.5. The number of carbonyl (C=O) groups is 1. The lowest BCUT2D eigenvalue weighted by atomic mass is 10.3. The van der Waals surface area contributed by atoms with Crippen LogP contribution < -0.4 is 0 Å². The molecule has 1 aromatic heterocycles. The normalized spacial score (nSPS) is 11.2. The van der Waals surface area contributed by atoms with E-state index in [1.165, 1.54) is 0 Å². The number of aromatic nitrogens is 2. The molecule has 0 radical (unpaired) electrons. The Morgan fingerprint density at radius 3 is 2.71 bits per heavy atom. The molecule has 0 aromatic carbocycles. The number of aryl methyl sites for hydroxylation is 1. The SMILES string of the molecule is CCOC(=O)CN(Cc1nc(C)no1)C(C)C. The summed E-state index contributed by atoms with van der Waals surface area (Å²) in [6.07, 6.45) is 0. The fraction of sp³-hybridized carbons (Fsp3) is 0.727. The zero-order valence-corrected chi connectivity index (χ0v) is 10.8. The van der Waals surface area contributed by atoms with Crippen molar-refractivity contribution >= 4 is 5.97 Å². The van der Waals surface area contributed by atoms with Gasteiger partial charge in [0.1, 0.15) is 0 Å². The zero-order chi connectivity index (χ0) is 12.8. The van der Waals surface area contributed by atoms with E-state index in [4.69, 9.17) is 9.26 Å². The lowest BCUT2D eigenvalue weighted by Crippen LogP contribution is -2.36. The maximum absolute atomic E-state index is 11.4. The van der Waals surface area contributed by atoms with E-state index < -0.39 is 0 Å². The zero-order valence-electron chi connectivity index (χ0n) is 10.8. The minimum atomic E-state index is -0.238. The summed E-state index contributed by atoms with van der Waals surface area (Å²) in [5.74, 6) is 0.873. The molecule has 1 heterocycles. The van der Waals surface area contributed by atoms with Gasteiger partial charge >= 0.3 is 5.97 Å². The molecular weight excluding hydrogens is 222 g/mol. The quantitative estimate of drug-likeness (QED) is 0.696. The van der Waals surface area contributed by atoms with Crippen LogP contribution in [-0.2, 0) is 16.1 Å². The molecule has 0 aliphatic heterocycles. The first kappa shape index (κ1) is 13.6. The highest BCUT2D eigenvalue weighted by Gasteiger charge is 2.17. The van der Waals surface area contributed by atoms with Crippen molar-refractivity contribution < 1.29 is 14.1 Å². The molecule has 0 aliphatic rings. The molecular formula is C11H19N3O3. The smallest absolute Gasteiger partial charge is 0.320 e. The molecule has 0 saturated carbocycles. The molecule has 0 bridgehead atoms. The molecule has 96 valence electrons. The number of ether oxygens (including phenoxy) is 1. The van der Waals surface area contributed by atoms with Crippen molar-refractivity contribution in [3.05, 3.63) is 11.7 Å². The summed E-state index contributed by atoms with van der Waals surface area (Å²) < 4.78 is 9.95. The average molecular weight is 241 g/mol. The Morgan fingerprint density at radius 1 is 1.53 bits per heavy atom. The van der Waals surface area contributed by atoms with E-state index in [2.05, 4.69) is 10.1 Å². The summed E-state index contributed by atoms with van der Waals surface area (Å²) in [7, 11) is 0. The molecule has 0 aliphatic carbocycles. The summed E-state index contributed by atoms with van der Waals surface area (Å²) in [6.45, 7) is 8.64. The van der Waals surface area contributed by atoms with E-state index in [1.54, 1.807) is 13.8 Å². The molecule has 0 fully saturated rings. The van der Waals surface area contributed by atoms with Crippen molar-refractivity contribution in [3.63, 3.8) is 0 Å². The third-order valence-electron chi connectivity index (χ3n) is 2.28. The van der Waals surface area contributed by atoms with Gasteiger partial charge in [0.15, 0.2) is 5.82 Å². The molecule has 6 heteroatoms. The van der Waals surface area contributed by atoms with Crippen LogP contribution in [0.1, 0.15) is 32.5 Å². The minimum absolute atomic E-state index is 0.201. The maximum Gasteiger partial charge on any atom is 0.320 e. The second-order valence-corrected chi connectivity index (χ2v) is 4.04. The lowest BCUT2D eigenvalue weighted by Gasteiger charge is -2.23. The van der Waals surface area contributed by atoms with Crippen molar-refractivity contribution in [2.45, 2.75) is 40.3 Å². The summed E-state index contributed by atoms with van der Waals surface area (Å²) in [6, 6.07) is 0.201. The van der Waals surface area contributed by atoms with Gasteiger partial charge in [-0.3, -0.25) is 9.69 Å². The minimum Gasteiger partial charge on any atom is -0.465 e. The molecule has 0 atom stereocenters. The summed E-state index contributed by atoms with van der Waals surface area (Å²) >= 11 is 0. The number of hydrogen-bond donors (Lipinski definition) is 0. The van der Waals surface area contributed by atoms with Crippen molar-refractivity contribution in [1.29, 1.82) is 0 Å². The Balaban J connectivity index is 2.57. The van der Waals surface area contributed by atoms with Gasteiger partial charge in [0.2, 0.25) is 5.89 Å². The van der Waals surface area contributed by atoms with Gasteiger partial charge in [0.25, 0.3) is 0 Å². The van der Waals surface area contributed by atoms with E-state index in [9.17, 15) is 4.79 Å². The van der Waals surface area contributed by atoms with Crippen LogP contribution in [0.25, 0.3) is 0 Å². The summed E-state index contributed by atoms with van der Waals surface area (Å²) in [5, 5.41) is 3.72. The Bertz CT molecular complexity index is 363. The largest absolute Gasteiger partial charge is 0.465 e. The Labute approximate surface area is 101 Å². The Morgan fingerprint density at radius 2 is 2.24 bits per heavy atom. The van der Waals surface area contributed by atoms with Gasteiger partial charge in [-0.1, -0.05) is 5.16 Å². The van der Waals surface area contributed by atoms with Crippen LogP contribution in [0.3, 0.4) is 0 Å². The monoisotopic (exact) mass is 241 g/mol. The lowest BCUT2D eigenvalue weighted by molar-refractivity contribution is -0.145. The van der Waals surface area contributed by atoms with Crippen LogP contribution in [0.4, 0.5) is 0 Å². The van der Waals surface area contributed by atoms with E-state index in [1.807, 2.05) is 18.7 Å². The number of nitrogens with zero attached hydrogens (tertiary/aromatic N) is 3. The third-order valence-corrected chi connectivity index (χ3v) is 2.28. The molecule has 0 unspecified atom stereocenters. The van der Waals surface area contributed by atoms with Crippen LogP contribution >= 0.6 is 0 Å². The maximum atomic E-state index is 11.4. The highest BCUT2D eigenvalue weighted by Crippen LogP contribution is 2.06. The van der Waals surface area contributed by atoms with Crippen LogP contribution in [0.15, 0.2) is 4.52 Å². The Hall–Kier alpha value is -1.43. The first-order valence-corrected chi connectivity index (χ1v) is 5.71. The van der Waals surface area contributed by atoms with E-state index in [0.29, 0.717) is 24.9 Å². The number of hydrogen-bond acceptors (Lipinski definition) is 6. The van der Waals surface area contributed by atoms with Crippen molar-refractivity contribution in [1.82, 2.24) is 15.0 Å². The fourth-order valence-corrected chi connectivity index (χ4v) is 1.37. The van der Waals surface area contributed by atoms with Crippen molar-refractivity contribution in [2.24, 2.45) is 0 Å². The van der Waals surface area contributed by atoms with Gasteiger partial charge in [0, 0.05) is 6.04 Å². The number of rotatable bonds is 6. The molecule has 0 saturated heterocycles. The molecule has 1 rings (SSSR count). The fourth-order valence-electron chi connectivity index (χ4n) is 1.37. The average Bonchev–Trinajstić information content (AvgIpc) is 2.63. The van der Waals surface area contributed by atoms with Gasteiger partial charge in [-0.2, -0.15) is 4.98 Å². The topological polar surface area (TPSA) is 68.5 Å². The van der Waals surface area contributed by atoms with Gasteiger partial charge in [-0.25, -0.2) is 0 Å². The second-order valence-electron chi connectivity index (χ2n) is 4.04. The molecule has 0 N–H and O–H groups in total. The third kappa shape index (κ3) is 4.52. The molecule has 17 heavy (non-hydrogen) atoms. The van der Waals surface area contributed by atoms with Crippen LogP contribution in [0, 0.1) is 6.92 Å². The van der Waals surface area contributed by atoms with Crippen LogP contribution in [0.5, 0.6) is 0 Å². The second kappa shape index (κ2) is 6.34. The van der Waals surface area contributed by atoms with Crippen molar-refractivity contribution in [2.75, 3.05) is 13.2 Å². The van der Waals surface area contributed by atoms with Crippen LogP contribution in [0.2, 0.25) is 0 Å². The molecule has 1 aromatic rings. The first-order valence-electron chi connectivity index (χ1n) is 5.71. The predicted molar refractivity (Wildman–Crippen MR) is 61.2 cm³/mol. The van der Waals surface area contributed by atoms with E-state index in [0.717, 1.165) is 0 Å². The Kier molecular flexibility index (Phi) is 5.09. The van der Waals surface area contributed by atoms with E-state index in [-0.39, 0.29) is 18.6 Å². The van der Waals surface area contributed by atoms with E-state index >= 15 is 0 Å². The van der Waals surface area contributed by atoms with Gasteiger partial charge in [0.05, 0.1) is 19.7 Å². The number of esters is 1. The summed E-state index contributed by atoms with van der Waals surface area (Å²) in [4.78, 5) is 17.5. The van der Waals surface area contributed by atoms with Gasteiger partial charge in [-0.15, -0.1) is 0 Å². The standard InChI is InChI=1S/C11H19N3O3/c1-5-16-11(15)7-14(8(2)3)6-10-12-9(4)13-17-10/h8H,5-7H2,1-4H3. The predicted octanol–water partition coefficient (Wildman–Crippen LogP) is 1.15. The highest BCUT2D eigenvalue weighted by molar-refractivity contribution is 5.71. The molecule has 0 amide bonds. The summed E-state index contributed by atoms with van der Waals surface area (Å²) in [5.41, 5.74) is 0. The molecule has 6 nitrogen and oxygen atoms in total. The van der Waals surface area contributed by atoms with Gasteiger partial charge < -0.3 is 9.26 Å². The van der Waals surface area contributed by atoms with Crippen molar-refractivity contribution in [3.8, 4) is 0 Å². The van der Waals surface area contributed by atoms with Gasteiger partial charge in [-0.05, 0) is 27.7 Å².